The van der Waals surface area contributed by atoms with Crippen LogP contribution in [-0.2, 0) is 6.54 Å². The van der Waals surface area contributed by atoms with Crippen LogP contribution in [0.2, 0.25) is 0 Å². The minimum atomic E-state index is -0.332. The molecule has 2 unspecified atom stereocenters. The highest BCUT2D eigenvalue weighted by Gasteiger charge is 2.24. The number of nitriles is 1. The molecule has 1 heterocycles. The summed E-state index contributed by atoms with van der Waals surface area (Å²) in [5, 5.41) is 22.6. The van der Waals surface area contributed by atoms with Crippen LogP contribution in [0, 0.1) is 25.2 Å². The molecule has 0 aliphatic heterocycles. The van der Waals surface area contributed by atoms with E-state index >= 15 is 0 Å². The molecular weight excluding hydrogens is 214 g/mol. The summed E-state index contributed by atoms with van der Waals surface area (Å²) in [5.41, 5.74) is 3.32. The molecule has 0 amide bonds. The average molecular weight is 231 g/mol. The highest BCUT2D eigenvalue weighted by molar-refractivity contribution is 5.34. The van der Waals surface area contributed by atoms with Gasteiger partial charge in [0.15, 0.2) is 0 Å². The van der Waals surface area contributed by atoms with Crippen molar-refractivity contribution < 1.29 is 5.11 Å². The smallest absolute Gasteiger partial charge is 0.0730 e. The van der Waals surface area contributed by atoms with Crippen molar-refractivity contribution in [3.05, 3.63) is 29.1 Å². The largest absolute Gasteiger partial charge is 0.389 e. The fourth-order valence-corrected chi connectivity index (χ4v) is 2.51. The van der Waals surface area contributed by atoms with Gasteiger partial charge in [-0.1, -0.05) is 12.2 Å². The van der Waals surface area contributed by atoms with Crippen LogP contribution in [0.1, 0.15) is 35.7 Å². The molecule has 1 N–H and O–H groups in total. The fourth-order valence-electron chi connectivity index (χ4n) is 2.51. The van der Waals surface area contributed by atoms with Crippen LogP contribution >= 0.6 is 0 Å². The van der Waals surface area contributed by atoms with Gasteiger partial charge < -0.3 is 5.11 Å². The van der Waals surface area contributed by atoms with Gasteiger partial charge in [0.1, 0.15) is 0 Å². The molecule has 2 rings (SSSR count). The van der Waals surface area contributed by atoms with Gasteiger partial charge in [0.05, 0.1) is 30.8 Å². The molecule has 1 aromatic heterocycles. The van der Waals surface area contributed by atoms with Crippen molar-refractivity contribution in [2.75, 3.05) is 0 Å². The molecule has 0 aromatic carbocycles. The second-order valence-corrected chi connectivity index (χ2v) is 4.51. The van der Waals surface area contributed by atoms with E-state index in [1.807, 2.05) is 24.6 Å². The van der Waals surface area contributed by atoms with Gasteiger partial charge in [-0.15, -0.1) is 0 Å². The first-order valence-electron chi connectivity index (χ1n) is 5.90. The van der Waals surface area contributed by atoms with Gasteiger partial charge in [0.25, 0.3) is 0 Å². The number of hydrogen-bond acceptors (Lipinski definition) is 3. The summed E-state index contributed by atoms with van der Waals surface area (Å²) in [5.74, 6) is 0.265. The first-order chi connectivity index (χ1) is 8.13. The van der Waals surface area contributed by atoms with Crippen LogP contribution in [-0.4, -0.2) is 21.0 Å². The SMILES string of the molecule is Cc1nn(CCC#N)c(C)c1C1C=CC(O)C1. The second kappa shape index (κ2) is 4.72. The lowest BCUT2D eigenvalue weighted by molar-refractivity contribution is 0.218. The van der Waals surface area contributed by atoms with Crippen molar-refractivity contribution in [2.45, 2.75) is 45.3 Å². The van der Waals surface area contributed by atoms with Crippen LogP contribution in [0.25, 0.3) is 0 Å². The molecule has 0 saturated carbocycles. The molecule has 4 heteroatoms. The van der Waals surface area contributed by atoms with Gasteiger partial charge in [-0.2, -0.15) is 10.4 Å². The third-order valence-electron chi connectivity index (χ3n) is 3.30. The average Bonchev–Trinajstić information content (AvgIpc) is 2.81. The number of aliphatic hydroxyl groups is 1. The Morgan fingerprint density at radius 3 is 2.88 bits per heavy atom. The lowest BCUT2D eigenvalue weighted by Crippen LogP contribution is -2.04. The van der Waals surface area contributed by atoms with Crippen LogP contribution in [0.5, 0.6) is 0 Å². The number of rotatable bonds is 3. The molecule has 90 valence electrons. The summed E-state index contributed by atoms with van der Waals surface area (Å²) in [6.07, 6.45) is 4.78. The second-order valence-electron chi connectivity index (χ2n) is 4.51. The molecule has 0 bridgehead atoms. The van der Waals surface area contributed by atoms with Crippen molar-refractivity contribution in [3.63, 3.8) is 0 Å². The summed E-state index contributed by atoms with van der Waals surface area (Å²) in [7, 11) is 0. The summed E-state index contributed by atoms with van der Waals surface area (Å²) in [4.78, 5) is 0. The zero-order valence-electron chi connectivity index (χ0n) is 10.2. The molecular formula is C13H17N3O. The predicted molar refractivity (Wildman–Crippen MR) is 64.4 cm³/mol. The Bertz CT molecular complexity index is 482. The molecule has 2 atom stereocenters. The van der Waals surface area contributed by atoms with E-state index in [9.17, 15) is 5.11 Å². The first kappa shape index (κ1) is 11.9. The Morgan fingerprint density at radius 1 is 1.53 bits per heavy atom. The zero-order valence-corrected chi connectivity index (χ0v) is 10.2. The lowest BCUT2D eigenvalue weighted by Gasteiger charge is -2.10. The Morgan fingerprint density at radius 2 is 2.29 bits per heavy atom. The molecule has 0 radical (unpaired) electrons. The molecule has 0 fully saturated rings. The number of aryl methyl sites for hydroxylation is 2. The quantitative estimate of drug-likeness (QED) is 0.807. The van der Waals surface area contributed by atoms with Gasteiger partial charge >= 0.3 is 0 Å². The van der Waals surface area contributed by atoms with Crippen LogP contribution in [0.3, 0.4) is 0 Å². The summed E-state index contributed by atoms with van der Waals surface area (Å²) in [6.45, 7) is 4.66. The Balaban J connectivity index is 2.26. The number of allylic oxidation sites excluding steroid dienone is 1. The molecule has 1 aliphatic carbocycles. The molecule has 1 aliphatic rings. The van der Waals surface area contributed by atoms with Crippen molar-refractivity contribution >= 4 is 0 Å². The van der Waals surface area contributed by atoms with Crippen LogP contribution < -0.4 is 0 Å². The first-order valence-corrected chi connectivity index (χ1v) is 5.90. The highest BCUT2D eigenvalue weighted by atomic mass is 16.3. The molecule has 1 aromatic rings. The summed E-state index contributed by atoms with van der Waals surface area (Å²) >= 11 is 0. The molecule has 0 spiro atoms. The van der Waals surface area contributed by atoms with Crippen molar-refractivity contribution in [3.8, 4) is 6.07 Å². The van der Waals surface area contributed by atoms with E-state index in [1.165, 1.54) is 5.56 Å². The van der Waals surface area contributed by atoms with Gasteiger partial charge in [-0.05, 0) is 20.3 Å². The maximum absolute atomic E-state index is 9.53. The van der Waals surface area contributed by atoms with Gasteiger partial charge in [-0.25, -0.2) is 0 Å². The predicted octanol–water partition coefficient (Wildman–Crippen LogP) is 1.82. The van der Waals surface area contributed by atoms with E-state index in [0.717, 1.165) is 17.8 Å². The van der Waals surface area contributed by atoms with Crippen LogP contribution in [0.4, 0.5) is 0 Å². The van der Waals surface area contributed by atoms with Gasteiger partial charge in [-0.3, -0.25) is 4.68 Å². The van der Waals surface area contributed by atoms with Gasteiger partial charge in [0, 0.05) is 17.2 Å². The molecule has 0 saturated heterocycles. The topological polar surface area (TPSA) is 61.8 Å². The lowest BCUT2D eigenvalue weighted by atomic mass is 9.96. The summed E-state index contributed by atoms with van der Waals surface area (Å²) in [6, 6.07) is 2.13. The van der Waals surface area contributed by atoms with E-state index in [0.29, 0.717) is 13.0 Å². The fraction of sp³-hybridized carbons (Fsp3) is 0.538. The standard InChI is InChI=1S/C13H17N3O/c1-9-13(11-4-5-12(17)8-11)10(2)16(15-9)7-3-6-14/h4-5,11-12,17H,3,7-8H2,1-2H3. The van der Waals surface area contributed by atoms with Crippen LogP contribution in [0.15, 0.2) is 12.2 Å². The number of aromatic nitrogens is 2. The number of nitrogens with zero attached hydrogens (tertiary/aromatic N) is 3. The Labute approximate surface area is 101 Å². The van der Waals surface area contributed by atoms with E-state index in [-0.39, 0.29) is 12.0 Å². The minimum Gasteiger partial charge on any atom is -0.389 e. The van der Waals surface area contributed by atoms with Gasteiger partial charge in [0.2, 0.25) is 0 Å². The Hall–Kier alpha value is -1.60. The van der Waals surface area contributed by atoms with E-state index < -0.39 is 0 Å². The minimum absolute atomic E-state index is 0.265. The maximum Gasteiger partial charge on any atom is 0.0730 e. The van der Waals surface area contributed by atoms with Crippen molar-refractivity contribution in [1.82, 2.24) is 9.78 Å². The number of hydrogen-bond donors (Lipinski definition) is 1. The monoisotopic (exact) mass is 231 g/mol. The van der Waals surface area contributed by atoms with E-state index in [2.05, 4.69) is 17.2 Å². The van der Waals surface area contributed by atoms with Crippen molar-refractivity contribution in [1.29, 1.82) is 5.26 Å². The Kier molecular flexibility index (Phi) is 3.30. The van der Waals surface area contributed by atoms with Crippen molar-refractivity contribution in [2.24, 2.45) is 0 Å². The summed E-state index contributed by atoms with van der Waals surface area (Å²) < 4.78 is 1.90. The normalized spacial score (nSPS) is 22.9. The zero-order chi connectivity index (χ0) is 12.4. The molecule has 4 nitrogen and oxygen atoms in total. The van der Waals surface area contributed by atoms with E-state index in [1.54, 1.807) is 0 Å². The van der Waals surface area contributed by atoms with E-state index in [4.69, 9.17) is 5.26 Å². The third-order valence-corrected chi connectivity index (χ3v) is 3.30. The molecule has 17 heavy (non-hydrogen) atoms. The number of aliphatic hydroxyl groups excluding tert-OH is 1. The maximum atomic E-state index is 9.53. The highest BCUT2D eigenvalue weighted by Crippen LogP contribution is 2.32. The third kappa shape index (κ3) is 2.25.